The number of hydrogen-bond donors (Lipinski definition) is 1. The summed E-state index contributed by atoms with van der Waals surface area (Å²) in [6.07, 6.45) is 1.84. The Morgan fingerprint density at radius 1 is 1.10 bits per heavy atom. The van der Waals surface area contributed by atoms with Gasteiger partial charge in [0.05, 0.1) is 0 Å². The van der Waals surface area contributed by atoms with Gasteiger partial charge in [0.2, 0.25) is 5.91 Å². The first-order chi connectivity index (χ1) is 14.3. The number of halogens is 2. The van der Waals surface area contributed by atoms with E-state index in [1.165, 1.54) is 4.90 Å². The molecule has 2 rings (SSSR count). The molecule has 0 saturated heterocycles. The Morgan fingerprint density at radius 3 is 2.40 bits per heavy atom. The van der Waals surface area contributed by atoms with Crippen LogP contribution in [0.15, 0.2) is 42.5 Å². The van der Waals surface area contributed by atoms with Gasteiger partial charge >= 0.3 is 0 Å². The van der Waals surface area contributed by atoms with E-state index in [0.717, 1.165) is 18.4 Å². The zero-order chi connectivity index (χ0) is 22.1. The number of hydrogen-bond acceptors (Lipinski definition) is 3. The van der Waals surface area contributed by atoms with Crippen molar-refractivity contribution in [3.63, 3.8) is 0 Å². The number of aryl methyl sites for hydroxylation is 1. The van der Waals surface area contributed by atoms with Gasteiger partial charge in [0.15, 0.2) is 6.61 Å². The Morgan fingerprint density at radius 2 is 1.77 bits per heavy atom. The molecule has 162 valence electrons. The average molecular weight is 451 g/mol. The number of carbonyl (C=O) groups excluding carboxylic acids is 2. The van der Waals surface area contributed by atoms with Crippen LogP contribution < -0.4 is 10.1 Å². The Balaban J connectivity index is 2.19. The summed E-state index contributed by atoms with van der Waals surface area (Å²) >= 11 is 12.6. The molecule has 2 aromatic carbocycles. The van der Waals surface area contributed by atoms with Crippen LogP contribution in [0, 0.1) is 6.92 Å². The van der Waals surface area contributed by atoms with Crippen molar-refractivity contribution in [1.82, 2.24) is 10.2 Å². The van der Waals surface area contributed by atoms with Gasteiger partial charge in [-0.05, 0) is 44.0 Å². The molecule has 0 heterocycles. The zero-order valence-electron chi connectivity index (χ0n) is 17.6. The van der Waals surface area contributed by atoms with Crippen LogP contribution in [0.1, 0.15) is 37.8 Å². The molecule has 0 aliphatic carbocycles. The maximum absolute atomic E-state index is 13.1. The van der Waals surface area contributed by atoms with Gasteiger partial charge in [0.25, 0.3) is 5.91 Å². The molecule has 7 heteroatoms. The Hall–Kier alpha value is -2.24. The number of rotatable bonds is 10. The summed E-state index contributed by atoms with van der Waals surface area (Å²) in [5, 5.41) is 3.76. The van der Waals surface area contributed by atoms with E-state index in [2.05, 4.69) is 5.32 Å². The molecule has 5 nitrogen and oxygen atoms in total. The highest BCUT2D eigenvalue weighted by Crippen LogP contribution is 2.26. The fourth-order valence-electron chi connectivity index (χ4n) is 2.91. The van der Waals surface area contributed by atoms with E-state index in [1.54, 1.807) is 31.2 Å². The third-order valence-electron chi connectivity index (χ3n) is 4.83. The quantitative estimate of drug-likeness (QED) is 0.517. The minimum absolute atomic E-state index is 0.108. The minimum atomic E-state index is -0.706. The summed E-state index contributed by atoms with van der Waals surface area (Å²) in [4.78, 5) is 27.2. The molecule has 0 radical (unpaired) electrons. The molecule has 1 N–H and O–H groups in total. The normalized spacial score (nSPS) is 11.6. The van der Waals surface area contributed by atoms with Crippen molar-refractivity contribution in [1.29, 1.82) is 0 Å². The third-order valence-corrected chi connectivity index (χ3v) is 5.54. The SMILES string of the molecule is CCCCNC(=O)C(C)N(Cc1c(Cl)cccc1Cl)C(=O)COc1ccccc1C. The smallest absolute Gasteiger partial charge is 0.261 e. The van der Waals surface area contributed by atoms with Crippen LogP contribution in [-0.2, 0) is 16.1 Å². The van der Waals surface area contributed by atoms with Crippen LogP contribution in [0.5, 0.6) is 5.75 Å². The third kappa shape index (κ3) is 6.64. The molecule has 0 aliphatic rings. The standard InChI is InChI=1S/C23H28Cl2N2O3/c1-4-5-13-26-23(29)17(3)27(14-18-19(24)10-8-11-20(18)25)22(28)15-30-21-12-7-6-9-16(21)2/h6-12,17H,4-5,13-15H2,1-3H3,(H,26,29). The largest absolute Gasteiger partial charge is 0.484 e. The van der Waals surface area contributed by atoms with Gasteiger partial charge in [0.1, 0.15) is 11.8 Å². The number of ether oxygens (including phenoxy) is 1. The molecule has 0 bridgehead atoms. The topological polar surface area (TPSA) is 58.6 Å². The van der Waals surface area contributed by atoms with Crippen molar-refractivity contribution in [3.8, 4) is 5.75 Å². The molecule has 0 aliphatic heterocycles. The maximum Gasteiger partial charge on any atom is 0.261 e. The predicted octanol–water partition coefficient (Wildman–Crippen LogP) is 5.01. The van der Waals surface area contributed by atoms with Crippen molar-refractivity contribution in [2.24, 2.45) is 0 Å². The predicted molar refractivity (Wildman–Crippen MR) is 121 cm³/mol. The lowest BCUT2D eigenvalue weighted by atomic mass is 10.1. The lowest BCUT2D eigenvalue weighted by molar-refractivity contribution is -0.142. The second kappa shape index (κ2) is 11.8. The zero-order valence-corrected chi connectivity index (χ0v) is 19.1. The van der Waals surface area contributed by atoms with Crippen molar-refractivity contribution in [2.45, 2.75) is 46.2 Å². The summed E-state index contributed by atoms with van der Waals surface area (Å²) in [6.45, 7) is 6.13. The van der Waals surface area contributed by atoms with Gasteiger partial charge in [0, 0.05) is 28.7 Å². The Bertz CT molecular complexity index is 853. The molecular weight excluding hydrogens is 423 g/mol. The van der Waals surface area contributed by atoms with Crippen LogP contribution in [0.3, 0.4) is 0 Å². The molecule has 30 heavy (non-hydrogen) atoms. The number of benzene rings is 2. The highest BCUT2D eigenvalue weighted by atomic mass is 35.5. The summed E-state index contributed by atoms with van der Waals surface area (Å²) in [7, 11) is 0. The molecular formula is C23H28Cl2N2O3. The van der Waals surface area contributed by atoms with Crippen LogP contribution >= 0.6 is 23.2 Å². The van der Waals surface area contributed by atoms with E-state index in [-0.39, 0.29) is 25.0 Å². The van der Waals surface area contributed by atoms with Crippen LogP contribution in [0.25, 0.3) is 0 Å². The molecule has 0 spiro atoms. The Kier molecular flexibility index (Phi) is 9.47. The monoisotopic (exact) mass is 450 g/mol. The van der Waals surface area contributed by atoms with Gasteiger partial charge in [-0.25, -0.2) is 0 Å². The fraction of sp³-hybridized carbons (Fsp3) is 0.391. The van der Waals surface area contributed by atoms with Crippen molar-refractivity contribution in [3.05, 3.63) is 63.6 Å². The van der Waals surface area contributed by atoms with Gasteiger partial charge in [-0.1, -0.05) is 60.8 Å². The minimum Gasteiger partial charge on any atom is -0.484 e. The van der Waals surface area contributed by atoms with Crippen molar-refractivity contribution < 1.29 is 14.3 Å². The lowest BCUT2D eigenvalue weighted by Gasteiger charge is -2.29. The molecule has 0 aromatic heterocycles. The molecule has 0 fully saturated rings. The first kappa shape index (κ1) is 24.0. The molecule has 1 atom stereocenters. The first-order valence-electron chi connectivity index (χ1n) is 10.0. The average Bonchev–Trinajstić information content (AvgIpc) is 2.72. The summed E-state index contributed by atoms with van der Waals surface area (Å²) in [5.74, 6) is 0.0740. The first-order valence-corrected chi connectivity index (χ1v) is 10.8. The van der Waals surface area contributed by atoms with Crippen molar-refractivity contribution >= 4 is 35.0 Å². The number of para-hydroxylation sites is 1. The van der Waals surface area contributed by atoms with E-state index < -0.39 is 6.04 Å². The summed E-state index contributed by atoms with van der Waals surface area (Å²) < 4.78 is 5.72. The number of carbonyl (C=O) groups is 2. The van der Waals surface area contributed by atoms with E-state index in [4.69, 9.17) is 27.9 Å². The maximum atomic E-state index is 13.1. The van der Waals surface area contributed by atoms with Crippen LogP contribution in [0.2, 0.25) is 10.0 Å². The van der Waals surface area contributed by atoms with E-state index in [0.29, 0.717) is 27.9 Å². The van der Waals surface area contributed by atoms with E-state index >= 15 is 0 Å². The number of nitrogens with one attached hydrogen (secondary N) is 1. The molecule has 0 saturated carbocycles. The second-order valence-electron chi connectivity index (χ2n) is 7.10. The highest BCUT2D eigenvalue weighted by molar-refractivity contribution is 6.36. The number of nitrogens with zero attached hydrogens (tertiary/aromatic N) is 1. The van der Waals surface area contributed by atoms with Crippen molar-refractivity contribution in [2.75, 3.05) is 13.2 Å². The molecule has 2 aromatic rings. The van der Waals surface area contributed by atoms with Gasteiger partial charge in [-0.15, -0.1) is 0 Å². The van der Waals surface area contributed by atoms with E-state index in [1.807, 2.05) is 32.0 Å². The molecule has 2 amide bonds. The lowest BCUT2D eigenvalue weighted by Crippen LogP contribution is -2.49. The highest BCUT2D eigenvalue weighted by Gasteiger charge is 2.27. The molecule has 1 unspecified atom stereocenters. The summed E-state index contributed by atoms with van der Waals surface area (Å²) in [6, 6.07) is 11.9. The van der Waals surface area contributed by atoms with Crippen LogP contribution in [-0.4, -0.2) is 35.9 Å². The fourth-order valence-corrected chi connectivity index (χ4v) is 3.43. The van der Waals surface area contributed by atoms with Gasteiger partial charge < -0.3 is 15.0 Å². The van der Waals surface area contributed by atoms with Crippen LogP contribution in [0.4, 0.5) is 0 Å². The van der Waals surface area contributed by atoms with Gasteiger partial charge in [-0.3, -0.25) is 9.59 Å². The second-order valence-corrected chi connectivity index (χ2v) is 7.91. The summed E-state index contributed by atoms with van der Waals surface area (Å²) in [5.41, 5.74) is 1.52. The Labute approximate surface area is 188 Å². The van der Waals surface area contributed by atoms with Gasteiger partial charge in [-0.2, -0.15) is 0 Å². The number of amides is 2. The number of unbranched alkanes of at least 4 members (excludes halogenated alkanes) is 1. The van der Waals surface area contributed by atoms with E-state index in [9.17, 15) is 9.59 Å².